The number of nitrogens with one attached hydrogen (secondary N) is 2. The van der Waals surface area contributed by atoms with Crippen LogP contribution in [0.4, 0.5) is 11.8 Å². The van der Waals surface area contributed by atoms with E-state index in [9.17, 15) is 0 Å². The average Bonchev–Trinajstić information content (AvgIpc) is 2.80. The second-order valence-corrected chi connectivity index (χ2v) is 6.59. The summed E-state index contributed by atoms with van der Waals surface area (Å²) in [6, 6.07) is 2.23. The van der Waals surface area contributed by atoms with Crippen molar-refractivity contribution >= 4 is 33.3 Å². The van der Waals surface area contributed by atoms with Gasteiger partial charge in [0, 0.05) is 17.5 Å². The maximum absolute atomic E-state index is 4.61. The Morgan fingerprint density at radius 2 is 2.16 bits per heavy atom. The first kappa shape index (κ1) is 12.7. The van der Waals surface area contributed by atoms with E-state index in [1.54, 1.807) is 11.3 Å². The fraction of sp³-hybridized carbons (Fsp3) is 0.571. The highest BCUT2D eigenvalue weighted by atomic mass is 32.1. The minimum Gasteiger partial charge on any atom is -0.364 e. The van der Waals surface area contributed by atoms with Crippen LogP contribution in [-0.2, 0) is 6.42 Å². The topological polar surface area (TPSA) is 49.8 Å². The van der Waals surface area contributed by atoms with E-state index in [1.165, 1.54) is 24.1 Å². The van der Waals surface area contributed by atoms with E-state index in [0.717, 1.165) is 22.5 Å². The minimum absolute atomic E-state index is 0.209. The predicted octanol–water partition coefficient (Wildman–Crippen LogP) is 3.65. The molecule has 2 aromatic heterocycles. The first-order valence-corrected chi connectivity index (χ1v) is 7.71. The molecule has 1 aliphatic rings. The average molecular weight is 276 g/mol. The lowest BCUT2D eigenvalue weighted by Gasteiger charge is -2.39. The molecule has 0 aliphatic heterocycles. The molecule has 3 rings (SSSR count). The van der Waals surface area contributed by atoms with Gasteiger partial charge >= 0.3 is 0 Å². The molecule has 0 atom stereocenters. The van der Waals surface area contributed by atoms with Crippen LogP contribution in [-0.4, -0.2) is 22.6 Å². The molecule has 102 valence electrons. The number of anilines is 2. The zero-order valence-electron chi connectivity index (χ0n) is 11.7. The lowest BCUT2D eigenvalue weighted by molar-refractivity contribution is 0.306. The van der Waals surface area contributed by atoms with Gasteiger partial charge in [-0.2, -0.15) is 4.98 Å². The van der Waals surface area contributed by atoms with E-state index in [0.29, 0.717) is 5.95 Å². The number of thiophene rings is 1. The maximum atomic E-state index is 4.61. The Morgan fingerprint density at radius 1 is 1.37 bits per heavy atom. The Kier molecular flexibility index (Phi) is 3.09. The van der Waals surface area contributed by atoms with Gasteiger partial charge in [-0.05, 0) is 38.7 Å². The van der Waals surface area contributed by atoms with E-state index >= 15 is 0 Å². The SMILES string of the molecule is CCc1cc2c(NC3(C)CCC3)nc(NC)nc2s1. The largest absolute Gasteiger partial charge is 0.364 e. The summed E-state index contributed by atoms with van der Waals surface area (Å²) in [6.07, 6.45) is 4.80. The van der Waals surface area contributed by atoms with Crippen LogP contribution in [0.5, 0.6) is 0 Å². The number of fused-ring (bicyclic) bond motifs is 1. The molecule has 19 heavy (non-hydrogen) atoms. The molecular weight excluding hydrogens is 256 g/mol. The predicted molar refractivity (Wildman–Crippen MR) is 82.2 cm³/mol. The lowest BCUT2D eigenvalue weighted by Crippen LogP contribution is -2.42. The summed E-state index contributed by atoms with van der Waals surface area (Å²) in [5, 5.41) is 7.84. The van der Waals surface area contributed by atoms with Gasteiger partial charge in [0.1, 0.15) is 10.6 Å². The van der Waals surface area contributed by atoms with Crippen LogP contribution in [0.3, 0.4) is 0 Å². The van der Waals surface area contributed by atoms with Gasteiger partial charge in [-0.15, -0.1) is 11.3 Å². The number of aryl methyl sites for hydroxylation is 1. The van der Waals surface area contributed by atoms with Gasteiger partial charge in [-0.25, -0.2) is 4.98 Å². The quantitative estimate of drug-likeness (QED) is 0.895. The Labute approximate surface area is 117 Å². The van der Waals surface area contributed by atoms with Crippen molar-refractivity contribution in [2.75, 3.05) is 17.7 Å². The summed E-state index contributed by atoms with van der Waals surface area (Å²) in [4.78, 5) is 11.6. The zero-order chi connectivity index (χ0) is 13.5. The molecule has 0 radical (unpaired) electrons. The molecule has 1 saturated carbocycles. The van der Waals surface area contributed by atoms with Crippen LogP contribution in [0.25, 0.3) is 10.2 Å². The van der Waals surface area contributed by atoms with Crippen molar-refractivity contribution in [3.05, 3.63) is 10.9 Å². The fourth-order valence-electron chi connectivity index (χ4n) is 2.47. The van der Waals surface area contributed by atoms with Crippen LogP contribution in [0, 0.1) is 0 Å². The molecule has 0 saturated heterocycles. The van der Waals surface area contributed by atoms with Crippen LogP contribution >= 0.6 is 11.3 Å². The summed E-state index contributed by atoms with van der Waals surface area (Å²) >= 11 is 1.76. The third-order valence-corrected chi connectivity index (χ3v) is 5.07. The van der Waals surface area contributed by atoms with Crippen molar-refractivity contribution in [3.63, 3.8) is 0 Å². The van der Waals surface area contributed by atoms with Gasteiger partial charge in [0.2, 0.25) is 5.95 Å². The minimum atomic E-state index is 0.209. The highest BCUT2D eigenvalue weighted by Crippen LogP contribution is 2.37. The Bertz CT molecular complexity index is 601. The van der Waals surface area contributed by atoms with Crippen molar-refractivity contribution in [3.8, 4) is 0 Å². The normalized spacial score (nSPS) is 17.2. The molecule has 1 aliphatic carbocycles. The summed E-state index contributed by atoms with van der Waals surface area (Å²) in [6.45, 7) is 4.45. The van der Waals surface area contributed by atoms with E-state index in [1.807, 2.05) is 7.05 Å². The number of hydrogen-bond donors (Lipinski definition) is 2. The van der Waals surface area contributed by atoms with Crippen molar-refractivity contribution in [2.24, 2.45) is 0 Å². The molecule has 1 fully saturated rings. The van der Waals surface area contributed by atoms with E-state index in [-0.39, 0.29) is 5.54 Å². The smallest absolute Gasteiger partial charge is 0.225 e. The third-order valence-electron chi connectivity index (χ3n) is 3.89. The molecule has 2 heterocycles. The third kappa shape index (κ3) is 2.27. The first-order valence-electron chi connectivity index (χ1n) is 6.90. The van der Waals surface area contributed by atoms with Crippen molar-refractivity contribution < 1.29 is 0 Å². The van der Waals surface area contributed by atoms with Gasteiger partial charge in [0.25, 0.3) is 0 Å². The standard InChI is InChI=1S/C14H20N4S/c1-4-9-8-10-11(18-14(2)6-5-7-14)16-13(15-3)17-12(10)19-9/h8H,4-7H2,1-3H3,(H2,15,16,17,18). The number of nitrogens with zero attached hydrogens (tertiary/aromatic N) is 2. The monoisotopic (exact) mass is 276 g/mol. The Balaban J connectivity index is 2.06. The number of hydrogen-bond acceptors (Lipinski definition) is 5. The summed E-state index contributed by atoms with van der Waals surface area (Å²) in [7, 11) is 1.87. The molecule has 0 amide bonds. The van der Waals surface area contributed by atoms with Gasteiger partial charge in [-0.3, -0.25) is 0 Å². The van der Waals surface area contributed by atoms with Crippen LogP contribution in [0.2, 0.25) is 0 Å². The summed E-state index contributed by atoms with van der Waals surface area (Å²) < 4.78 is 0. The highest BCUT2D eigenvalue weighted by molar-refractivity contribution is 7.18. The van der Waals surface area contributed by atoms with Crippen molar-refractivity contribution in [1.29, 1.82) is 0 Å². The molecule has 5 heteroatoms. The van der Waals surface area contributed by atoms with Gasteiger partial charge in [0.05, 0.1) is 5.39 Å². The molecule has 2 N–H and O–H groups in total. The Hall–Kier alpha value is -1.36. The van der Waals surface area contributed by atoms with E-state index in [4.69, 9.17) is 0 Å². The molecule has 0 aromatic carbocycles. The second kappa shape index (κ2) is 4.63. The summed E-state index contributed by atoms with van der Waals surface area (Å²) in [5.74, 6) is 1.68. The maximum Gasteiger partial charge on any atom is 0.225 e. The molecule has 0 unspecified atom stereocenters. The fourth-order valence-corrected chi connectivity index (χ4v) is 3.44. The van der Waals surface area contributed by atoms with Crippen LogP contribution in [0.1, 0.15) is 38.0 Å². The Morgan fingerprint density at radius 3 is 2.74 bits per heavy atom. The number of aromatic nitrogens is 2. The van der Waals surface area contributed by atoms with Gasteiger partial charge in [0.15, 0.2) is 0 Å². The van der Waals surface area contributed by atoms with Crippen molar-refractivity contribution in [2.45, 2.75) is 45.1 Å². The van der Waals surface area contributed by atoms with Gasteiger partial charge in [-0.1, -0.05) is 6.92 Å². The van der Waals surface area contributed by atoms with E-state index < -0.39 is 0 Å². The number of rotatable bonds is 4. The van der Waals surface area contributed by atoms with Crippen LogP contribution in [0.15, 0.2) is 6.07 Å². The molecule has 0 spiro atoms. The van der Waals surface area contributed by atoms with Crippen LogP contribution < -0.4 is 10.6 Å². The van der Waals surface area contributed by atoms with E-state index in [2.05, 4.69) is 40.5 Å². The molecule has 2 aromatic rings. The van der Waals surface area contributed by atoms with Gasteiger partial charge < -0.3 is 10.6 Å². The highest BCUT2D eigenvalue weighted by Gasteiger charge is 2.32. The van der Waals surface area contributed by atoms with Crippen molar-refractivity contribution in [1.82, 2.24) is 9.97 Å². The zero-order valence-corrected chi connectivity index (χ0v) is 12.5. The molecule has 4 nitrogen and oxygen atoms in total. The molecular formula is C14H20N4S. The molecule has 0 bridgehead atoms. The summed E-state index contributed by atoms with van der Waals surface area (Å²) in [5.41, 5.74) is 0.209. The first-order chi connectivity index (χ1) is 9.13. The lowest BCUT2D eigenvalue weighted by atomic mass is 9.78. The second-order valence-electron chi connectivity index (χ2n) is 5.47.